The highest BCUT2D eigenvalue weighted by molar-refractivity contribution is 6.30. The van der Waals surface area contributed by atoms with E-state index in [2.05, 4.69) is 17.3 Å². The maximum atomic E-state index is 14.0. The first-order valence-electron chi connectivity index (χ1n) is 6.79. The number of hydrogen-bond donors (Lipinski definition) is 1. The van der Waals surface area contributed by atoms with Crippen LogP contribution < -0.4 is 5.32 Å². The Hall–Kier alpha value is -1.39. The largest absolute Gasteiger partial charge is 0.311 e. The molecule has 1 atom stereocenters. The van der Waals surface area contributed by atoms with Crippen LogP contribution in [0.3, 0.4) is 0 Å². The third kappa shape index (κ3) is 3.19. The van der Waals surface area contributed by atoms with E-state index in [-0.39, 0.29) is 16.9 Å². The maximum Gasteiger partial charge on any atom is 0.145 e. The zero-order chi connectivity index (χ0) is 14.5. The molecule has 0 fully saturated rings. The summed E-state index contributed by atoms with van der Waals surface area (Å²) in [5.74, 6) is -0.337. The molecule has 1 N–H and O–H groups in total. The number of nitrogens with one attached hydrogen (secondary N) is 1. The topological polar surface area (TPSA) is 29.9 Å². The molecule has 2 rings (SSSR count). The number of aryl methyl sites for hydroxylation is 1. The van der Waals surface area contributed by atoms with Crippen LogP contribution in [-0.4, -0.2) is 16.8 Å². The van der Waals surface area contributed by atoms with Crippen LogP contribution in [0.5, 0.6) is 0 Å². The quantitative estimate of drug-likeness (QED) is 0.882. The SMILES string of the molecule is CCCn1nccc1C(Cc1cccc(Cl)c1F)NC. The summed E-state index contributed by atoms with van der Waals surface area (Å²) in [5, 5.41) is 7.71. The van der Waals surface area contributed by atoms with Gasteiger partial charge in [-0.2, -0.15) is 5.10 Å². The van der Waals surface area contributed by atoms with Crippen molar-refractivity contribution in [2.45, 2.75) is 32.4 Å². The van der Waals surface area contributed by atoms with Gasteiger partial charge in [-0.25, -0.2) is 4.39 Å². The molecule has 20 heavy (non-hydrogen) atoms. The fourth-order valence-corrected chi connectivity index (χ4v) is 2.51. The lowest BCUT2D eigenvalue weighted by Gasteiger charge is -2.18. The fourth-order valence-electron chi connectivity index (χ4n) is 2.32. The van der Waals surface area contributed by atoms with Gasteiger partial charge in [-0.15, -0.1) is 0 Å². The fraction of sp³-hybridized carbons (Fsp3) is 0.400. The summed E-state index contributed by atoms with van der Waals surface area (Å²) in [7, 11) is 1.87. The molecule has 3 nitrogen and oxygen atoms in total. The number of aromatic nitrogens is 2. The zero-order valence-electron chi connectivity index (χ0n) is 11.7. The van der Waals surface area contributed by atoms with E-state index in [1.165, 1.54) is 0 Å². The summed E-state index contributed by atoms with van der Waals surface area (Å²) in [6.07, 6.45) is 3.33. The third-order valence-electron chi connectivity index (χ3n) is 3.35. The second-order valence-electron chi connectivity index (χ2n) is 4.74. The first-order valence-corrected chi connectivity index (χ1v) is 7.17. The summed E-state index contributed by atoms with van der Waals surface area (Å²) in [6, 6.07) is 7.09. The number of likely N-dealkylation sites (N-methyl/N-ethyl adjacent to an activating group) is 1. The van der Waals surface area contributed by atoms with Gasteiger partial charge in [-0.05, 0) is 37.6 Å². The van der Waals surface area contributed by atoms with Crippen LogP contribution in [0.25, 0.3) is 0 Å². The Morgan fingerprint density at radius 1 is 1.40 bits per heavy atom. The number of nitrogens with zero attached hydrogens (tertiary/aromatic N) is 2. The van der Waals surface area contributed by atoms with E-state index in [4.69, 9.17) is 11.6 Å². The summed E-state index contributed by atoms with van der Waals surface area (Å²) < 4.78 is 16.0. The van der Waals surface area contributed by atoms with Gasteiger partial charge in [0.15, 0.2) is 0 Å². The molecule has 5 heteroatoms. The van der Waals surface area contributed by atoms with Gasteiger partial charge in [0, 0.05) is 12.7 Å². The van der Waals surface area contributed by atoms with Crippen LogP contribution in [0.15, 0.2) is 30.5 Å². The van der Waals surface area contributed by atoms with E-state index in [1.54, 1.807) is 24.4 Å². The molecule has 0 amide bonds. The number of benzene rings is 1. The predicted molar refractivity (Wildman–Crippen MR) is 79.4 cm³/mol. The minimum Gasteiger partial charge on any atom is -0.311 e. The smallest absolute Gasteiger partial charge is 0.145 e. The first-order chi connectivity index (χ1) is 9.67. The number of halogens is 2. The van der Waals surface area contributed by atoms with Gasteiger partial charge in [0.25, 0.3) is 0 Å². The first kappa shape index (κ1) is 15.0. The highest BCUT2D eigenvalue weighted by atomic mass is 35.5. The van der Waals surface area contributed by atoms with Gasteiger partial charge >= 0.3 is 0 Å². The highest BCUT2D eigenvalue weighted by Gasteiger charge is 2.17. The summed E-state index contributed by atoms with van der Waals surface area (Å²) in [4.78, 5) is 0. The van der Waals surface area contributed by atoms with Crippen molar-refractivity contribution in [2.75, 3.05) is 7.05 Å². The molecule has 2 aromatic rings. The molecule has 0 saturated heterocycles. The molecule has 1 heterocycles. The van der Waals surface area contributed by atoms with Crippen LogP contribution in [-0.2, 0) is 13.0 Å². The lowest BCUT2D eigenvalue weighted by molar-refractivity contribution is 0.488. The minimum absolute atomic E-state index is 0.0111. The van der Waals surface area contributed by atoms with Crippen molar-refractivity contribution in [3.8, 4) is 0 Å². The second-order valence-corrected chi connectivity index (χ2v) is 5.14. The molecule has 0 saturated carbocycles. The van der Waals surface area contributed by atoms with Gasteiger partial charge in [-0.1, -0.05) is 30.7 Å². The Balaban J connectivity index is 2.24. The molecule has 0 bridgehead atoms. The Kier molecular flexibility index (Phi) is 5.15. The number of hydrogen-bond acceptors (Lipinski definition) is 2. The van der Waals surface area contributed by atoms with E-state index in [9.17, 15) is 4.39 Å². The molecule has 0 spiro atoms. The third-order valence-corrected chi connectivity index (χ3v) is 3.64. The minimum atomic E-state index is -0.337. The lowest BCUT2D eigenvalue weighted by atomic mass is 10.0. The summed E-state index contributed by atoms with van der Waals surface area (Å²) in [5.41, 5.74) is 1.68. The monoisotopic (exact) mass is 295 g/mol. The molecule has 0 aliphatic carbocycles. The van der Waals surface area contributed by atoms with Crippen molar-refractivity contribution < 1.29 is 4.39 Å². The van der Waals surface area contributed by atoms with Crippen molar-refractivity contribution >= 4 is 11.6 Å². The van der Waals surface area contributed by atoms with Crippen LogP contribution in [0.2, 0.25) is 5.02 Å². The molecule has 1 aromatic heterocycles. The van der Waals surface area contributed by atoms with E-state index < -0.39 is 0 Å². The van der Waals surface area contributed by atoms with Gasteiger partial charge in [0.2, 0.25) is 0 Å². The van der Waals surface area contributed by atoms with Crippen molar-refractivity contribution in [3.63, 3.8) is 0 Å². The van der Waals surface area contributed by atoms with Crippen molar-refractivity contribution in [3.05, 3.63) is 52.6 Å². The van der Waals surface area contributed by atoms with Crippen LogP contribution in [0.4, 0.5) is 4.39 Å². The highest BCUT2D eigenvalue weighted by Crippen LogP contribution is 2.23. The van der Waals surface area contributed by atoms with Gasteiger partial charge in [-0.3, -0.25) is 4.68 Å². The van der Waals surface area contributed by atoms with Crippen LogP contribution in [0.1, 0.15) is 30.6 Å². The number of rotatable bonds is 6. The predicted octanol–water partition coefficient (Wildman–Crippen LogP) is 3.59. The van der Waals surface area contributed by atoms with E-state index >= 15 is 0 Å². The summed E-state index contributed by atoms with van der Waals surface area (Å²) >= 11 is 5.83. The molecule has 0 aliphatic heterocycles. The lowest BCUT2D eigenvalue weighted by Crippen LogP contribution is -2.23. The average Bonchev–Trinajstić information content (AvgIpc) is 2.89. The Morgan fingerprint density at radius 3 is 2.90 bits per heavy atom. The molecular formula is C15H19ClFN3. The van der Waals surface area contributed by atoms with Gasteiger partial charge < -0.3 is 5.32 Å². The zero-order valence-corrected chi connectivity index (χ0v) is 12.5. The Labute approximate surface area is 123 Å². The molecular weight excluding hydrogens is 277 g/mol. The molecule has 0 radical (unpaired) electrons. The van der Waals surface area contributed by atoms with Crippen molar-refractivity contribution in [2.24, 2.45) is 0 Å². The molecule has 108 valence electrons. The standard InChI is InChI=1S/C15H19ClFN3/c1-3-9-20-14(7-8-19-20)13(18-2)10-11-5-4-6-12(16)15(11)17/h4-8,13,18H,3,9-10H2,1-2H3. The molecule has 1 aromatic carbocycles. The van der Waals surface area contributed by atoms with E-state index in [0.717, 1.165) is 18.7 Å². The van der Waals surface area contributed by atoms with Crippen LogP contribution in [0, 0.1) is 5.82 Å². The average molecular weight is 296 g/mol. The van der Waals surface area contributed by atoms with Crippen LogP contribution >= 0.6 is 11.6 Å². The normalized spacial score (nSPS) is 12.6. The molecule has 0 aliphatic rings. The summed E-state index contributed by atoms with van der Waals surface area (Å²) in [6.45, 7) is 2.97. The Bertz CT molecular complexity index is 568. The maximum absolute atomic E-state index is 14.0. The molecule has 1 unspecified atom stereocenters. The van der Waals surface area contributed by atoms with Gasteiger partial charge in [0.1, 0.15) is 5.82 Å². The Morgan fingerprint density at radius 2 is 2.20 bits per heavy atom. The van der Waals surface area contributed by atoms with E-state index in [1.807, 2.05) is 17.8 Å². The van der Waals surface area contributed by atoms with Crippen molar-refractivity contribution in [1.29, 1.82) is 0 Å². The van der Waals surface area contributed by atoms with E-state index in [0.29, 0.717) is 12.0 Å². The van der Waals surface area contributed by atoms with Gasteiger partial charge in [0.05, 0.1) is 16.8 Å². The van der Waals surface area contributed by atoms with Crippen molar-refractivity contribution in [1.82, 2.24) is 15.1 Å². The second kappa shape index (κ2) is 6.86.